The Morgan fingerprint density at radius 1 is 1.14 bits per heavy atom. The highest BCUT2D eigenvalue weighted by Gasteiger charge is 2.09. The van der Waals surface area contributed by atoms with Crippen LogP contribution < -0.4 is 5.32 Å². The molecule has 106 valence electrons. The molecule has 1 N–H and O–H groups in total. The van der Waals surface area contributed by atoms with Gasteiger partial charge in [-0.1, -0.05) is 0 Å². The zero-order valence-electron chi connectivity index (χ0n) is 11.2. The van der Waals surface area contributed by atoms with E-state index in [-0.39, 0.29) is 0 Å². The molecule has 0 aliphatic heterocycles. The Labute approximate surface area is 125 Å². The van der Waals surface area contributed by atoms with Crippen molar-refractivity contribution in [2.75, 3.05) is 11.9 Å². The molecule has 0 radical (unpaired) electrons. The van der Waals surface area contributed by atoms with Crippen LogP contribution in [0, 0.1) is 0 Å². The van der Waals surface area contributed by atoms with E-state index in [1.54, 1.807) is 18.7 Å². The van der Waals surface area contributed by atoms with Crippen molar-refractivity contribution >= 4 is 17.7 Å². The molecule has 3 aromatic heterocycles. The van der Waals surface area contributed by atoms with Crippen molar-refractivity contribution in [1.82, 2.24) is 34.7 Å². The maximum absolute atomic E-state index is 4.39. The molecule has 0 aliphatic carbocycles. The van der Waals surface area contributed by atoms with Gasteiger partial charge in [-0.3, -0.25) is 4.98 Å². The normalized spacial score (nSPS) is 10.5. The Bertz CT molecular complexity index is 701. The van der Waals surface area contributed by atoms with Crippen LogP contribution in [0.25, 0.3) is 5.95 Å². The summed E-state index contributed by atoms with van der Waals surface area (Å²) in [4.78, 5) is 22.0. The second-order valence-corrected chi connectivity index (χ2v) is 4.94. The van der Waals surface area contributed by atoms with Gasteiger partial charge in [-0.05, 0) is 30.8 Å². The van der Waals surface area contributed by atoms with Gasteiger partial charge < -0.3 is 5.32 Å². The number of pyridine rings is 1. The van der Waals surface area contributed by atoms with Gasteiger partial charge in [-0.25, -0.2) is 4.98 Å². The molecular formula is C12H12N8S. The van der Waals surface area contributed by atoms with Gasteiger partial charge in [0.05, 0.1) is 0 Å². The number of nitrogens with zero attached hydrogens (tertiary/aromatic N) is 7. The highest BCUT2D eigenvalue weighted by molar-refractivity contribution is 7.99. The summed E-state index contributed by atoms with van der Waals surface area (Å²) in [7, 11) is 0. The summed E-state index contributed by atoms with van der Waals surface area (Å²) in [6.45, 7) is 2.70. The highest BCUT2D eigenvalue weighted by Crippen LogP contribution is 2.24. The molecule has 0 saturated carbocycles. The Morgan fingerprint density at radius 3 is 2.71 bits per heavy atom. The fourth-order valence-corrected chi connectivity index (χ4v) is 2.28. The van der Waals surface area contributed by atoms with Gasteiger partial charge in [0.15, 0.2) is 5.16 Å². The fourth-order valence-electron chi connectivity index (χ4n) is 1.55. The van der Waals surface area contributed by atoms with Crippen LogP contribution in [0.4, 0.5) is 5.95 Å². The topological polar surface area (TPSA) is 94.3 Å². The second-order valence-electron chi connectivity index (χ2n) is 3.90. The van der Waals surface area contributed by atoms with E-state index in [0.717, 1.165) is 11.4 Å². The van der Waals surface area contributed by atoms with Crippen LogP contribution in [0.1, 0.15) is 6.92 Å². The molecular weight excluding hydrogens is 288 g/mol. The van der Waals surface area contributed by atoms with Crippen molar-refractivity contribution in [2.24, 2.45) is 0 Å². The number of nitrogens with one attached hydrogen (secondary N) is 1. The standard InChI is InChI=1S/C12H12N8S/c1-2-15-10-17-11(20-8-14-7-16-20)19-12(18-10)21-9-3-5-13-6-4-9/h3-8H,2H2,1H3,(H,15,17,18,19). The fraction of sp³-hybridized carbons (Fsp3) is 0.167. The van der Waals surface area contributed by atoms with Crippen molar-refractivity contribution in [2.45, 2.75) is 17.0 Å². The van der Waals surface area contributed by atoms with E-state index in [1.165, 1.54) is 22.8 Å². The van der Waals surface area contributed by atoms with Crippen LogP contribution in [0.5, 0.6) is 0 Å². The molecule has 0 aliphatic rings. The molecule has 0 atom stereocenters. The summed E-state index contributed by atoms with van der Waals surface area (Å²) in [5.41, 5.74) is 0. The van der Waals surface area contributed by atoms with Crippen molar-refractivity contribution in [3.63, 3.8) is 0 Å². The van der Waals surface area contributed by atoms with Gasteiger partial charge in [0, 0.05) is 23.8 Å². The Hall–Kier alpha value is -2.55. The molecule has 3 rings (SSSR count). The Kier molecular flexibility index (Phi) is 4.01. The summed E-state index contributed by atoms with van der Waals surface area (Å²) < 4.78 is 1.50. The summed E-state index contributed by atoms with van der Waals surface area (Å²) in [6.07, 6.45) is 6.44. The van der Waals surface area contributed by atoms with Gasteiger partial charge >= 0.3 is 0 Å². The van der Waals surface area contributed by atoms with E-state index in [4.69, 9.17) is 0 Å². The molecule has 0 bridgehead atoms. The van der Waals surface area contributed by atoms with Crippen molar-refractivity contribution in [1.29, 1.82) is 0 Å². The number of hydrogen-bond acceptors (Lipinski definition) is 8. The van der Waals surface area contributed by atoms with Crippen LogP contribution in [0.15, 0.2) is 47.2 Å². The number of rotatable bonds is 5. The molecule has 3 heterocycles. The predicted octanol–water partition coefficient (Wildman–Crippen LogP) is 1.43. The van der Waals surface area contributed by atoms with Gasteiger partial charge in [-0.15, -0.1) is 0 Å². The monoisotopic (exact) mass is 300 g/mol. The average Bonchev–Trinajstić information content (AvgIpc) is 3.03. The van der Waals surface area contributed by atoms with Crippen LogP contribution in [-0.2, 0) is 0 Å². The number of aromatic nitrogens is 7. The van der Waals surface area contributed by atoms with Crippen LogP contribution in [0.2, 0.25) is 0 Å². The zero-order chi connectivity index (χ0) is 14.5. The molecule has 21 heavy (non-hydrogen) atoms. The quantitative estimate of drug-likeness (QED) is 0.756. The molecule has 9 heteroatoms. The molecule has 0 fully saturated rings. The highest BCUT2D eigenvalue weighted by atomic mass is 32.2. The van der Waals surface area contributed by atoms with Crippen LogP contribution >= 0.6 is 11.8 Å². The Morgan fingerprint density at radius 2 is 2.00 bits per heavy atom. The maximum atomic E-state index is 4.39. The smallest absolute Gasteiger partial charge is 0.257 e. The minimum absolute atomic E-state index is 0.426. The average molecular weight is 300 g/mol. The first-order valence-electron chi connectivity index (χ1n) is 6.28. The zero-order valence-corrected chi connectivity index (χ0v) is 12.0. The van der Waals surface area contributed by atoms with E-state index in [0.29, 0.717) is 17.1 Å². The van der Waals surface area contributed by atoms with E-state index >= 15 is 0 Å². The van der Waals surface area contributed by atoms with Gasteiger partial charge in [0.1, 0.15) is 12.7 Å². The Balaban J connectivity index is 1.95. The third-order valence-electron chi connectivity index (χ3n) is 2.42. The summed E-state index contributed by atoms with van der Waals surface area (Å²) in [5.74, 6) is 0.935. The minimum atomic E-state index is 0.426. The third kappa shape index (κ3) is 3.31. The molecule has 0 saturated heterocycles. The van der Waals surface area contributed by atoms with E-state index in [1.807, 2.05) is 19.1 Å². The van der Waals surface area contributed by atoms with Crippen molar-refractivity contribution in [3.05, 3.63) is 37.2 Å². The molecule has 0 spiro atoms. The second kappa shape index (κ2) is 6.27. The largest absolute Gasteiger partial charge is 0.354 e. The first-order chi connectivity index (χ1) is 10.3. The first-order valence-corrected chi connectivity index (χ1v) is 7.09. The van der Waals surface area contributed by atoms with Gasteiger partial charge in [0.2, 0.25) is 5.95 Å². The lowest BCUT2D eigenvalue weighted by molar-refractivity contribution is 0.759. The molecule has 0 unspecified atom stereocenters. The first kappa shape index (κ1) is 13.4. The predicted molar refractivity (Wildman–Crippen MR) is 77.3 cm³/mol. The lowest BCUT2D eigenvalue weighted by atomic mass is 10.5. The van der Waals surface area contributed by atoms with Crippen LogP contribution in [-0.4, -0.2) is 41.2 Å². The summed E-state index contributed by atoms with van der Waals surface area (Å²) in [6, 6.07) is 3.80. The molecule has 0 amide bonds. The molecule has 0 aromatic carbocycles. The van der Waals surface area contributed by atoms with E-state index < -0.39 is 0 Å². The number of anilines is 1. The van der Waals surface area contributed by atoms with Crippen molar-refractivity contribution < 1.29 is 0 Å². The molecule has 3 aromatic rings. The van der Waals surface area contributed by atoms with Gasteiger partial charge in [-0.2, -0.15) is 24.7 Å². The lowest BCUT2D eigenvalue weighted by Gasteiger charge is -2.06. The molecule has 8 nitrogen and oxygen atoms in total. The third-order valence-corrected chi connectivity index (χ3v) is 3.29. The lowest BCUT2D eigenvalue weighted by Crippen LogP contribution is -2.09. The SMILES string of the molecule is CCNc1nc(Sc2ccncc2)nc(-n2cncn2)n1. The van der Waals surface area contributed by atoms with Gasteiger partial charge in [0.25, 0.3) is 5.95 Å². The van der Waals surface area contributed by atoms with E-state index in [9.17, 15) is 0 Å². The van der Waals surface area contributed by atoms with E-state index in [2.05, 4.69) is 35.3 Å². The van der Waals surface area contributed by atoms with Crippen molar-refractivity contribution in [3.8, 4) is 5.95 Å². The number of hydrogen-bond donors (Lipinski definition) is 1. The minimum Gasteiger partial charge on any atom is -0.354 e. The maximum Gasteiger partial charge on any atom is 0.257 e. The summed E-state index contributed by atoms with van der Waals surface area (Å²) in [5, 5.41) is 7.71. The summed E-state index contributed by atoms with van der Waals surface area (Å²) >= 11 is 1.44. The van der Waals surface area contributed by atoms with Crippen LogP contribution in [0.3, 0.4) is 0 Å².